The monoisotopic (exact) mass is 443 g/mol. The first kappa shape index (κ1) is 22.3. The molecule has 168 valence electrons. The van der Waals surface area contributed by atoms with E-state index in [1.807, 2.05) is 69.3 Å². The summed E-state index contributed by atoms with van der Waals surface area (Å²) in [4.78, 5) is 12.5. The van der Waals surface area contributed by atoms with Crippen molar-refractivity contribution in [2.24, 2.45) is 0 Å². The number of benzene rings is 3. The molecule has 33 heavy (non-hydrogen) atoms. The molecule has 1 aromatic heterocycles. The molecule has 3 aromatic carbocycles. The highest BCUT2D eigenvalue weighted by atomic mass is 19.1. The lowest BCUT2D eigenvalue weighted by Gasteiger charge is -2.12. The number of nitrogens with zero attached hydrogens (tertiary/aromatic N) is 2. The van der Waals surface area contributed by atoms with Crippen molar-refractivity contribution >= 4 is 11.6 Å². The van der Waals surface area contributed by atoms with Gasteiger partial charge >= 0.3 is 0 Å². The number of carbonyl (C=O) groups excluding carboxylic acids is 1. The Morgan fingerprint density at radius 3 is 2.39 bits per heavy atom. The van der Waals surface area contributed by atoms with Crippen LogP contribution in [0.15, 0.2) is 72.8 Å². The summed E-state index contributed by atoms with van der Waals surface area (Å²) in [6.45, 7) is 5.97. The third kappa shape index (κ3) is 5.47. The molecular weight excluding hydrogens is 417 g/mol. The highest BCUT2D eigenvalue weighted by molar-refractivity contribution is 5.90. The van der Waals surface area contributed by atoms with E-state index in [2.05, 4.69) is 5.32 Å². The first-order valence-electron chi connectivity index (χ1n) is 10.8. The second-order valence-electron chi connectivity index (χ2n) is 8.09. The minimum Gasteiger partial charge on any atom is -0.439 e. The van der Waals surface area contributed by atoms with Crippen molar-refractivity contribution < 1.29 is 13.9 Å². The number of aromatic nitrogens is 2. The molecule has 0 unspecified atom stereocenters. The van der Waals surface area contributed by atoms with E-state index < -0.39 is 0 Å². The molecule has 1 N–H and O–H groups in total. The van der Waals surface area contributed by atoms with Crippen LogP contribution in [-0.2, 0) is 11.2 Å². The van der Waals surface area contributed by atoms with Crippen molar-refractivity contribution in [2.75, 3.05) is 5.32 Å². The van der Waals surface area contributed by atoms with Gasteiger partial charge in [-0.1, -0.05) is 29.8 Å². The van der Waals surface area contributed by atoms with Crippen LogP contribution in [0.3, 0.4) is 0 Å². The first-order chi connectivity index (χ1) is 15.9. The maximum absolute atomic E-state index is 13.1. The molecule has 4 aromatic rings. The molecule has 0 atom stereocenters. The molecule has 6 heteroatoms. The van der Waals surface area contributed by atoms with Gasteiger partial charge in [-0.25, -0.2) is 9.07 Å². The van der Waals surface area contributed by atoms with E-state index in [0.29, 0.717) is 23.7 Å². The van der Waals surface area contributed by atoms with Gasteiger partial charge in [0.15, 0.2) is 0 Å². The van der Waals surface area contributed by atoms with Gasteiger partial charge in [-0.2, -0.15) is 5.10 Å². The van der Waals surface area contributed by atoms with E-state index in [1.165, 1.54) is 12.1 Å². The van der Waals surface area contributed by atoms with E-state index in [9.17, 15) is 9.18 Å². The van der Waals surface area contributed by atoms with E-state index >= 15 is 0 Å². The Morgan fingerprint density at radius 1 is 0.970 bits per heavy atom. The van der Waals surface area contributed by atoms with Gasteiger partial charge in [-0.3, -0.25) is 4.79 Å². The third-order valence-corrected chi connectivity index (χ3v) is 5.35. The minimum absolute atomic E-state index is 0.161. The van der Waals surface area contributed by atoms with Crippen LogP contribution >= 0.6 is 0 Å². The lowest BCUT2D eigenvalue weighted by atomic mass is 10.1. The highest BCUT2D eigenvalue weighted by Crippen LogP contribution is 2.32. The Morgan fingerprint density at radius 2 is 1.70 bits per heavy atom. The number of hydrogen-bond acceptors (Lipinski definition) is 3. The van der Waals surface area contributed by atoms with Crippen LogP contribution < -0.4 is 10.1 Å². The number of aryl methyl sites for hydroxylation is 3. The summed E-state index contributed by atoms with van der Waals surface area (Å²) >= 11 is 0. The van der Waals surface area contributed by atoms with Crippen LogP contribution in [0.5, 0.6) is 11.6 Å². The summed E-state index contributed by atoms with van der Waals surface area (Å²) in [6.07, 6.45) is 0.688. The number of ether oxygens (including phenoxy) is 1. The fraction of sp³-hybridized carbons (Fsp3) is 0.185. The standard InChI is InChI=1S/C27H26FN3O2/c1-18-7-13-24(14-8-18)33-27-25(15-16-26(32)29-22-11-9-21(28)10-12-22)20(3)30-31(27)23-6-4-5-19(2)17-23/h4-14,17H,15-16H2,1-3H3,(H,29,32). The quantitative estimate of drug-likeness (QED) is 0.365. The zero-order valence-electron chi connectivity index (χ0n) is 18.9. The molecule has 0 saturated heterocycles. The van der Waals surface area contributed by atoms with Gasteiger partial charge in [0.1, 0.15) is 11.6 Å². The van der Waals surface area contributed by atoms with E-state index in [4.69, 9.17) is 9.84 Å². The molecule has 1 amide bonds. The van der Waals surface area contributed by atoms with E-state index in [0.717, 1.165) is 28.1 Å². The molecule has 4 rings (SSSR count). The summed E-state index contributed by atoms with van der Waals surface area (Å²) < 4.78 is 21.2. The second kappa shape index (κ2) is 9.69. The van der Waals surface area contributed by atoms with Gasteiger partial charge in [0.2, 0.25) is 11.8 Å². The van der Waals surface area contributed by atoms with Gasteiger partial charge in [-0.15, -0.1) is 0 Å². The smallest absolute Gasteiger partial charge is 0.226 e. The Bertz CT molecular complexity index is 1260. The molecule has 0 aliphatic heterocycles. The van der Waals surface area contributed by atoms with Crippen LogP contribution in [0, 0.1) is 26.6 Å². The van der Waals surface area contributed by atoms with Crippen molar-refractivity contribution in [3.63, 3.8) is 0 Å². The minimum atomic E-state index is -0.343. The average molecular weight is 444 g/mol. The zero-order chi connectivity index (χ0) is 23.4. The van der Waals surface area contributed by atoms with Crippen molar-refractivity contribution in [2.45, 2.75) is 33.6 Å². The van der Waals surface area contributed by atoms with Crippen LogP contribution in [0.25, 0.3) is 5.69 Å². The summed E-state index contributed by atoms with van der Waals surface area (Å²) in [5.41, 5.74) is 5.37. The molecule has 5 nitrogen and oxygen atoms in total. The van der Waals surface area contributed by atoms with Crippen LogP contribution in [-0.4, -0.2) is 15.7 Å². The maximum atomic E-state index is 13.1. The van der Waals surface area contributed by atoms with Gasteiger partial charge < -0.3 is 10.1 Å². The summed E-state index contributed by atoms with van der Waals surface area (Å²) in [5.74, 6) is 0.790. The van der Waals surface area contributed by atoms with E-state index in [1.54, 1.807) is 16.8 Å². The molecule has 0 saturated carbocycles. The molecule has 0 bridgehead atoms. The molecule has 0 spiro atoms. The number of hydrogen-bond donors (Lipinski definition) is 1. The maximum Gasteiger partial charge on any atom is 0.226 e. The fourth-order valence-corrected chi connectivity index (χ4v) is 3.58. The Kier molecular flexibility index (Phi) is 6.54. The fourth-order valence-electron chi connectivity index (χ4n) is 3.58. The van der Waals surface area contributed by atoms with Gasteiger partial charge in [0, 0.05) is 17.7 Å². The van der Waals surface area contributed by atoms with Gasteiger partial charge in [-0.05, 0) is 81.3 Å². The number of halogens is 1. The second-order valence-corrected chi connectivity index (χ2v) is 8.09. The summed E-state index contributed by atoms with van der Waals surface area (Å²) in [6, 6.07) is 21.6. The Labute approximate surface area is 192 Å². The predicted octanol–water partition coefficient (Wildman–Crippen LogP) is 6.30. The topological polar surface area (TPSA) is 56.1 Å². The predicted molar refractivity (Wildman–Crippen MR) is 128 cm³/mol. The Balaban J connectivity index is 1.61. The number of nitrogens with one attached hydrogen (secondary N) is 1. The van der Waals surface area contributed by atoms with Crippen LogP contribution in [0.1, 0.15) is 28.8 Å². The third-order valence-electron chi connectivity index (χ3n) is 5.35. The van der Waals surface area contributed by atoms with Gasteiger partial charge in [0.25, 0.3) is 0 Å². The molecule has 0 aliphatic rings. The number of rotatable bonds is 7. The van der Waals surface area contributed by atoms with Crippen molar-refractivity contribution in [1.29, 1.82) is 0 Å². The number of amides is 1. The summed E-state index contributed by atoms with van der Waals surface area (Å²) in [7, 11) is 0. The SMILES string of the molecule is Cc1ccc(Oc2c(CCC(=O)Nc3ccc(F)cc3)c(C)nn2-c2cccc(C)c2)cc1. The molecule has 0 aliphatic carbocycles. The van der Waals surface area contributed by atoms with Crippen molar-refractivity contribution in [3.05, 3.63) is 101 Å². The van der Waals surface area contributed by atoms with Crippen molar-refractivity contribution in [3.8, 4) is 17.3 Å². The number of carbonyl (C=O) groups is 1. The largest absolute Gasteiger partial charge is 0.439 e. The lowest BCUT2D eigenvalue weighted by Crippen LogP contribution is -2.12. The summed E-state index contributed by atoms with van der Waals surface area (Å²) in [5, 5.41) is 7.53. The number of anilines is 1. The Hall–Kier alpha value is -3.93. The average Bonchev–Trinajstić information content (AvgIpc) is 3.10. The molecule has 1 heterocycles. The lowest BCUT2D eigenvalue weighted by molar-refractivity contribution is -0.116. The highest BCUT2D eigenvalue weighted by Gasteiger charge is 2.20. The molecular formula is C27H26FN3O2. The zero-order valence-corrected chi connectivity index (χ0v) is 18.9. The normalized spacial score (nSPS) is 10.8. The van der Waals surface area contributed by atoms with Gasteiger partial charge in [0.05, 0.1) is 11.4 Å². The van der Waals surface area contributed by atoms with Crippen LogP contribution in [0.4, 0.5) is 10.1 Å². The first-order valence-corrected chi connectivity index (χ1v) is 10.8. The van der Waals surface area contributed by atoms with Crippen LogP contribution in [0.2, 0.25) is 0 Å². The molecule has 0 fully saturated rings. The van der Waals surface area contributed by atoms with E-state index in [-0.39, 0.29) is 18.1 Å². The molecule has 0 radical (unpaired) electrons. The van der Waals surface area contributed by atoms with Crippen molar-refractivity contribution in [1.82, 2.24) is 9.78 Å².